The summed E-state index contributed by atoms with van der Waals surface area (Å²) in [7, 11) is 0. The molecule has 7 heteroatoms. The standard InChI is InChI=1S/C14H18N4O2S/c1-10(2)13(14(19)20)21-9-12-15-16-17-18(12)8-11-6-4-3-5-7-11/h3-7,10,13H,8-9H2,1-2H3,(H,19,20). The van der Waals surface area contributed by atoms with Crippen molar-refractivity contribution in [2.45, 2.75) is 31.4 Å². The number of hydrogen-bond donors (Lipinski definition) is 1. The third-order valence-corrected chi connectivity index (χ3v) is 4.55. The van der Waals surface area contributed by atoms with Crippen LogP contribution in [0, 0.1) is 5.92 Å². The summed E-state index contributed by atoms with van der Waals surface area (Å²) in [5.74, 6) is 0.438. The topological polar surface area (TPSA) is 80.9 Å². The number of tetrazole rings is 1. The molecular weight excluding hydrogens is 288 g/mol. The quantitative estimate of drug-likeness (QED) is 0.843. The van der Waals surface area contributed by atoms with E-state index in [1.54, 1.807) is 4.68 Å². The summed E-state index contributed by atoms with van der Waals surface area (Å²) in [6, 6.07) is 9.90. The molecule has 0 fully saturated rings. The maximum atomic E-state index is 11.2. The largest absolute Gasteiger partial charge is 0.480 e. The molecular formula is C14H18N4O2S. The maximum Gasteiger partial charge on any atom is 0.316 e. The van der Waals surface area contributed by atoms with Gasteiger partial charge in [0.25, 0.3) is 0 Å². The predicted molar refractivity (Wildman–Crippen MR) is 80.9 cm³/mol. The SMILES string of the molecule is CC(C)C(SCc1nnnn1Cc1ccccc1)C(=O)O. The van der Waals surface area contributed by atoms with Crippen LogP contribution >= 0.6 is 11.8 Å². The fourth-order valence-corrected chi connectivity index (χ4v) is 2.98. The van der Waals surface area contributed by atoms with Gasteiger partial charge in [-0.2, -0.15) is 0 Å². The van der Waals surface area contributed by atoms with Crippen LogP contribution in [0.5, 0.6) is 0 Å². The Balaban J connectivity index is 2.02. The van der Waals surface area contributed by atoms with E-state index in [4.69, 9.17) is 0 Å². The molecule has 0 amide bonds. The summed E-state index contributed by atoms with van der Waals surface area (Å²) in [5, 5.41) is 20.4. The highest BCUT2D eigenvalue weighted by Crippen LogP contribution is 2.23. The smallest absolute Gasteiger partial charge is 0.316 e. The van der Waals surface area contributed by atoms with E-state index in [2.05, 4.69) is 15.5 Å². The molecule has 2 aromatic rings. The zero-order valence-electron chi connectivity index (χ0n) is 12.0. The van der Waals surface area contributed by atoms with E-state index in [9.17, 15) is 9.90 Å². The molecule has 0 aliphatic heterocycles. The van der Waals surface area contributed by atoms with Crippen LogP contribution in [0.1, 0.15) is 25.2 Å². The number of aliphatic carboxylic acids is 1. The zero-order chi connectivity index (χ0) is 15.2. The molecule has 1 N–H and O–H groups in total. The lowest BCUT2D eigenvalue weighted by atomic mass is 10.1. The van der Waals surface area contributed by atoms with Crippen molar-refractivity contribution in [3.63, 3.8) is 0 Å². The Labute approximate surface area is 127 Å². The molecule has 1 aromatic heterocycles. The van der Waals surface area contributed by atoms with Crippen molar-refractivity contribution < 1.29 is 9.90 Å². The average Bonchev–Trinajstić information content (AvgIpc) is 2.87. The second-order valence-corrected chi connectivity index (χ2v) is 6.18. The van der Waals surface area contributed by atoms with E-state index in [-0.39, 0.29) is 5.92 Å². The van der Waals surface area contributed by atoms with Crippen LogP contribution < -0.4 is 0 Å². The van der Waals surface area contributed by atoms with E-state index in [1.165, 1.54) is 11.8 Å². The maximum absolute atomic E-state index is 11.2. The van der Waals surface area contributed by atoms with E-state index < -0.39 is 11.2 Å². The molecule has 0 aliphatic rings. The Morgan fingerprint density at radius 2 is 2.05 bits per heavy atom. The molecule has 0 spiro atoms. The van der Waals surface area contributed by atoms with E-state index in [1.807, 2.05) is 44.2 Å². The Kier molecular flexibility index (Phi) is 5.32. The fourth-order valence-electron chi connectivity index (χ4n) is 1.92. The van der Waals surface area contributed by atoms with Crippen molar-refractivity contribution in [2.75, 3.05) is 0 Å². The van der Waals surface area contributed by atoms with Crippen molar-refractivity contribution in [1.29, 1.82) is 0 Å². The molecule has 0 radical (unpaired) electrons. The number of benzene rings is 1. The Hall–Kier alpha value is -1.89. The highest BCUT2D eigenvalue weighted by atomic mass is 32.2. The van der Waals surface area contributed by atoms with Crippen LogP contribution in [0.25, 0.3) is 0 Å². The number of carboxylic acids is 1. The van der Waals surface area contributed by atoms with Gasteiger partial charge < -0.3 is 5.11 Å². The zero-order valence-corrected chi connectivity index (χ0v) is 12.8. The number of nitrogens with zero attached hydrogens (tertiary/aromatic N) is 4. The average molecular weight is 306 g/mol. The molecule has 1 heterocycles. The van der Waals surface area contributed by atoms with Gasteiger partial charge in [-0.15, -0.1) is 16.9 Å². The Morgan fingerprint density at radius 3 is 2.67 bits per heavy atom. The summed E-state index contributed by atoms with van der Waals surface area (Å²) in [4.78, 5) is 11.2. The van der Waals surface area contributed by atoms with Gasteiger partial charge in [0.05, 0.1) is 12.3 Å². The van der Waals surface area contributed by atoms with Crippen molar-refractivity contribution >= 4 is 17.7 Å². The number of aromatic nitrogens is 4. The van der Waals surface area contributed by atoms with Crippen molar-refractivity contribution in [2.24, 2.45) is 5.92 Å². The molecule has 1 aromatic carbocycles. The summed E-state index contributed by atoms with van der Waals surface area (Å²) in [5.41, 5.74) is 1.11. The minimum Gasteiger partial charge on any atom is -0.480 e. The second-order valence-electron chi connectivity index (χ2n) is 5.05. The van der Waals surface area contributed by atoms with Gasteiger partial charge in [0.15, 0.2) is 5.82 Å². The summed E-state index contributed by atoms with van der Waals surface area (Å²) in [6.45, 7) is 4.39. The molecule has 0 saturated heterocycles. The van der Waals surface area contributed by atoms with E-state index in [0.717, 1.165) is 5.56 Å². The van der Waals surface area contributed by atoms with Gasteiger partial charge in [-0.25, -0.2) is 4.68 Å². The van der Waals surface area contributed by atoms with Gasteiger partial charge in [0.1, 0.15) is 5.25 Å². The van der Waals surface area contributed by atoms with Crippen molar-refractivity contribution in [3.8, 4) is 0 Å². The molecule has 21 heavy (non-hydrogen) atoms. The lowest BCUT2D eigenvalue weighted by Crippen LogP contribution is -2.23. The van der Waals surface area contributed by atoms with Gasteiger partial charge >= 0.3 is 5.97 Å². The predicted octanol–water partition coefficient (Wildman–Crippen LogP) is 2.06. The monoisotopic (exact) mass is 306 g/mol. The minimum absolute atomic E-state index is 0.0611. The summed E-state index contributed by atoms with van der Waals surface area (Å²) in [6.07, 6.45) is 0. The van der Waals surface area contributed by atoms with Crippen LogP contribution in [-0.2, 0) is 17.1 Å². The molecule has 0 aliphatic carbocycles. The molecule has 6 nitrogen and oxygen atoms in total. The molecule has 0 bridgehead atoms. The number of carboxylic acid groups (broad SMARTS) is 1. The number of rotatable bonds is 7. The van der Waals surface area contributed by atoms with Crippen LogP contribution in [0.2, 0.25) is 0 Å². The van der Waals surface area contributed by atoms with Gasteiger partial charge in [-0.1, -0.05) is 44.2 Å². The van der Waals surface area contributed by atoms with Crippen LogP contribution in [0.15, 0.2) is 30.3 Å². The first-order valence-corrected chi connectivity index (χ1v) is 7.76. The van der Waals surface area contributed by atoms with E-state index in [0.29, 0.717) is 18.1 Å². The van der Waals surface area contributed by atoms with Crippen molar-refractivity contribution in [3.05, 3.63) is 41.7 Å². The normalized spacial score (nSPS) is 12.5. The first-order chi connectivity index (χ1) is 10.1. The van der Waals surface area contributed by atoms with Crippen LogP contribution in [0.3, 0.4) is 0 Å². The summed E-state index contributed by atoms with van der Waals surface area (Å²) >= 11 is 1.36. The first kappa shape index (κ1) is 15.5. The van der Waals surface area contributed by atoms with Gasteiger partial charge in [-0.05, 0) is 21.9 Å². The lowest BCUT2D eigenvalue weighted by Gasteiger charge is -2.15. The van der Waals surface area contributed by atoms with Gasteiger partial charge in [-0.3, -0.25) is 4.79 Å². The molecule has 1 atom stereocenters. The van der Waals surface area contributed by atoms with Gasteiger partial charge in [0.2, 0.25) is 0 Å². The van der Waals surface area contributed by atoms with E-state index >= 15 is 0 Å². The van der Waals surface area contributed by atoms with Gasteiger partial charge in [0, 0.05) is 0 Å². The fraction of sp³-hybridized carbons (Fsp3) is 0.429. The highest BCUT2D eigenvalue weighted by molar-refractivity contribution is 7.99. The highest BCUT2D eigenvalue weighted by Gasteiger charge is 2.23. The number of carbonyl (C=O) groups is 1. The third-order valence-electron chi connectivity index (χ3n) is 3.02. The lowest BCUT2D eigenvalue weighted by molar-refractivity contribution is -0.137. The molecule has 0 saturated carbocycles. The molecule has 112 valence electrons. The number of thioether (sulfide) groups is 1. The second kappa shape index (κ2) is 7.21. The molecule has 1 unspecified atom stereocenters. The third kappa shape index (κ3) is 4.29. The Bertz CT molecular complexity index is 586. The minimum atomic E-state index is -0.794. The Morgan fingerprint density at radius 1 is 1.33 bits per heavy atom. The summed E-state index contributed by atoms with van der Waals surface area (Å²) < 4.78 is 1.71. The first-order valence-electron chi connectivity index (χ1n) is 6.71. The van der Waals surface area contributed by atoms with Crippen LogP contribution in [0.4, 0.5) is 0 Å². The van der Waals surface area contributed by atoms with Crippen LogP contribution in [-0.4, -0.2) is 36.5 Å². The van der Waals surface area contributed by atoms with Crippen molar-refractivity contribution in [1.82, 2.24) is 20.2 Å². The molecule has 2 rings (SSSR count). The number of hydrogen-bond acceptors (Lipinski definition) is 5.